The second-order valence-electron chi connectivity index (χ2n) is 5.23. The summed E-state index contributed by atoms with van der Waals surface area (Å²) >= 11 is 3.36. The molecule has 0 saturated carbocycles. The van der Waals surface area contributed by atoms with Crippen LogP contribution in [0.15, 0.2) is 46.9 Å². The smallest absolute Gasteiger partial charge is 0.325 e. The maximum atomic E-state index is 12.2. The van der Waals surface area contributed by atoms with Gasteiger partial charge in [-0.25, -0.2) is 0 Å². The van der Waals surface area contributed by atoms with E-state index in [1.807, 2.05) is 19.1 Å². The number of halogens is 1. The number of esters is 1. The Bertz CT molecular complexity index is 778. The van der Waals surface area contributed by atoms with Crippen LogP contribution in [0.1, 0.15) is 22.8 Å². The normalized spacial score (nSPS) is 10.1. The number of methoxy groups -OCH3 is 1. The van der Waals surface area contributed by atoms with Crippen LogP contribution in [-0.4, -0.2) is 32.1 Å². The molecule has 0 saturated heterocycles. The van der Waals surface area contributed by atoms with Gasteiger partial charge in [-0.1, -0.05) is 28.1 Å². The Balaban J connectivity index is 1.89. The van der Waals surface area contributed by atoms with Crippen molar-refractivity contribution < 1.29 is 23.8 Å². The van der Waals surface area contributed by atoms with Crippen molar-refractivity contribution >= 4 is 27.8 Å². The van der Waals surface area contributed by atoms with Crippen LogP contribution in [-0.2, 0) is 16.1 Å². The van der Waals surface area contributed by atoms with Gasteiger partial charge in [0, 0.05) is 10.0 Å². The van der Waals surface area contributed by atoms with Crippen molar-refractivity contribution in [2.45, 2.75) is 13.5 Å². The largest absolute Gasteiger partial charge is 0.496 e. The van der Waals surface area contributed by atoms with E-state index >= 15 is 0 Å². The lowest BCUT2D eigenvalue weighted by Crippen LogP contribution is -2.30. The highest BCUT2D eigenvalue weighted by molar-refractivity contribution is 9.10. The van der Waals surface area contributed by atoms with Crippen LogP contribution in [0.2, 0.25) is 0 Å². The number of rotatable bonds is 8. The van der Waals surface area contributed by atoms with Gasteiger partial charge >= 0.3 is 5.97 Å². The molecule has 6 nitrogen and oxygen atoms in total. The first kappa shape index (κ1) is 19.8. The maximum absolute atomic E-state index is 12.2. The second kappa shape index (κ2) is 9.82. The summed E-state index contributed by atoms with van der Waals surface area (Å²) in [6.07, 6.45) is 0. The highest BCUT2D eigenvalue weighted by Gasteiger charge is 2.14. The molecule has 0 aliphatic carbocycles. The number of hydrogen-bond acceptors (Lipinski definition) is 5. The Labute approximate surface area is 160 Å². The van der Waals surface area contributed by atoms with E-state index in [9.17, 15) is 9.59 Å². The summed E-state index contributed by atoms with van der Waals surface area (Å²) in [6, 6.07) is 12.3. The molecule has 1 amide bonds. The molecule has 0 atom stereocenters. The van der Waals surface area contributed by atoms with Crippen LogP contribution in [0.5, 0.6) is 11.5 Å². The van der Waals surface area contributed by atoms with Crippen molar-refractivity contribution in [2.24, 2.45) is 0 Å². The highest BCUT2D eigenvalue weighted by atomic mass is 79.9. The number of para-hydroxylation sites is 1. The fourth-order valence-electron chi connectivity index (χ4n) is 2.25. The lowest BCUT2D eigenvalue weighted by Gasteiger charge is -2.11. The molecule has 2 aromatic rings. The highest BCUT2D eigenvalue weighted by Crippen LogP contribution is 2.23. The number of ether oxygens (including phenoxy) is 3. The molecule has 0 heterocycles. The maximum Gasteiger partial charge on any atom is 0.325 e. The number of hydrogen-bond donors (Lipinski definition) is 1. The van der Waals surface area contributed by atoms with Gasteiger partial charge in [0.15, 0.2) is 0 Å². The molecular weight excluding hydrogens is 402 g/mol. The number of carbonyl (C=O) groups excluding carboxylic acids is 2. The average Bonchev–Trinajstić information content (AvgIpc) is 2.65. The quantitative estimate of drug-likeness (QED) is 0.661. The Morgan fingerprint density at radius 2 is 1.88 bits per heavy atom. The molecule has 7 heteroatoms. The van der Waals surface area contributed by atoms with Crippen LogP contribution in [0.25, 0.3) is 0 Å². The van der Waals surface area contributed by atoms with E-state index in [0.29, 0.717) is 23.7 Å². The van der Waals surface area contributed by atoms with E-state index in [1.54, 1.807) is 37.4 Å². The molecule has 138 valence electrons. The van der Waals surface area contributed by atoms with Gasteiger partial charge in [-0.3, -0.25) is 9.59 Å². The molecule has 0 fully saturated rings. The molecule has 0 aliphatic heterocycles. The van der Waals surface area contributed by atoms with E-state index in [0.717, 1.165) is 10.0 Å². The molecule has 1 N–H and O–H groups in total. The second-order valence-corrected chi connectivity index (χ2v) is 6.14. The Kier molecular flexibility index (Phi) is 7.47. The van der Waals surface area contributed by atoms with E-state index in [-0.39, 0.29) is 13.2 Å². The predicted octanol–water partition coefficient (Wildman–Crippen LogP) is 3.33. The first-order chi connectivity index (χ1) is 12.5. The average molecular weight is 422 g/mol. The van der Waals surface area contributed by atoms with Crippen LogP contribution in [0.4, 0.5) is 0 Å². The minimum Gasteiger partial charge on any atom is -0.496 e. The topological polar surface area (TPSA) is 73.9 Å². The van der Waals surface area contributed by atoms with Crippen molar-refractivity contribution in [3.63, 3.8) is 0 Å². The number of benzene rings is 2. The molecule has 0 aromatic heterocycles. The molecule has 2 aromatic carbocycles. The van der Waals surface area contributed by atoms with Gasteiger partial charge in [-0.15, -0.1) is 0 Å². The third-order valence-electron chi connectivity index (χ3n) is 3.46. The molecule has 0 aliphatic rings. The van der Waals surface area contributed by atoms with E-state index < -0.39 is 11.9 Å². The summed E-state index contributed by atoms with van der Waals surface area (Å²) in [6.45, 7) is 2.09. The number of nitrogens with one attached hydrogen (secondary N) is 1. The zero-order valence-electron chi connectivity index (χ0n) is 14.6. The van der Waals surface area contributed by atoms with Gasteiger partial charge in [0.05, 0.1) is 19.3 Å². The van der Waals surface area contributed by atoms with Crippen LogP contribution in [0.3, 0.4) is 0 Å². The van der Waals surface area contributed by atoms with Gasteiger partial charge in [-0.2, -0.15) is 0 Å². The van der Waals surface area contributed by atoms with E-state index in [2.05, 4.69) is 21.2 Å². The molecule has 26 heavy (non-hydrogen) atoms. The standard InChI is InChI=1S/C19H20BrNO5/c1-3-25-17-7-5-4-6-15(17)19(23)21-11-18(22)26-12-13-10-14(20)8-9-16(13)24-2/h4-10H,3,11-12H2,1-2H3,(H,21,23). The SMILES string of the molecule is CCOc1ccccc1C(=O)NCC(=O)OCc1cc(Br)ccc1OC. The molecule has 0 radical (unpaired) electrons. The third kappa shape index (κ3) is 5.49. The first-order valence-electron chi connectivity index (χ1n) is 8.03. The van der Waals surface area contributed by atoms with E-state index in [4.69, 9.17) is 14.2 Å². The van der Waals surface area contributed by atoms with Crippen LogP contribution in [0, 0.1) is 0 Å². The Morgan fingerprint density at radius 1 is 1.12 bits per heavy atom. The lowest BCUT2D eigenvalue weighted by molar-refractivity contribution is -0.143. The first-order valence-corrected chi connectivity index (χ1v) is 8.82. The van der Waals surface area contributed by atoms with Crippen molar-refractivity contribution in [3.8, 4) is 11.5 Å². The molecule has 2 rings (SSSR count). The van der Waals surface area contributed by atoms with Crippen LogP contribution >= 0.6 is 15.9 Å². The number of amides is 1. The Morgan fingerprint density at radius 3 is 2.62 bits per heavy atom. The summed E-state index contributed by atoms with van der Waals surface area (Å²) in [5, 5.41) is 2.54. The van der Waals surface area contributed by atoms with Gasteiger partial charge in [-0.05, 0) is 37.3 Å². The predicted molar refractivity (Wildman–Crippen MR) is 100 cm³/mol. The van der Waals surface area contributed by atoms with Crippen molar-refractivity contribution in [1.29, 1.82) is 0 Å². The van der Waals surface area contributed by atoms with Gasteiger partial charge < -0.3 is 19.5 Å². The van der Waals surface area contributed by atoms with Crippen molar-refractivity contribution in [2.75, 3.05) is 20.3 Å². The van der Waals surface area contributed by atoms with Crippen LogP contribution < -0.4 is 14.8 Å². The fraction of sp³-hybridized carbons (Fsp3) is 0.263. The zero-order chi connectivity index (χ0) is 18.9. The minimum atomic E-state index is -0.547. The van der Waals surface area contributed by atoms with Gasteiger partial charge in [0.1, 0.15) is 24.7 Å². The third-order valence-corrected chi connectivity index (χ3v) is 3.95. The van der Waals surface area contributed by atoms with E-state index in [1.165, 1.54) is 0 Å². The number of carbonyl (C=O) groups is 2. The van der Waals surface area contributed by atoms with Gasteiger partial charge in [0.2, 0.25) is 0 Å². The summed E-state index contributed by atoms with van der Waals surface area (Å²) in [5.41, 5.74) is 1.10. The summed E-state index contributed by atoms with van der Waals surface area (Å²) in [7, 11) is 1.55. The van der Waals surface area contributed by atoms with Crippen molar-refractivity contribution in [3.05, 3.63) is 58.1 Å². The Hall–Kier alpha value is -2.54. The molecule has 0 unspecified atom stereocenters. The van der Waals surface area contributed by atoms with Gasteiger partial charge in [0.25, 0.3) is 5.91 Å². The summed E-state index contributed by atoms with van der Waals surface area (Å²) in [5.74, 6) is 0.149. The molecule has 0 bridgehead atoms. The minimum absolute atomic E-state index is 0.0485. The monoisotopic (exact) mass is 421 g/mol. The fourth-order valence-corrected chi connectivity index (χ4v) is 2.66. The lowest BCUT2D eigenvalue weighted by atomic mass is 10.2. The summed E-state index contributed by atoms with van der Waals surface area (Å²) < 4.78 is 16.7. The summed E-state index contributed by atoms with van der Waals surface area (Å²) in [4.78, 5) is 24.2. The molecule has 0 spiro atoms. The molecular formula is C19H20BrNO5. The van der Waals surface area contributed by atoms with Crippen molar-refractivity contribution in [1.82, 2.24) is 5.32 Å². The zero-order valence-corrected chi connectivity index (χ0v) is 16.2.